The van der Waals surface area contributed by atoms with Crippen LogP contribution in [0.15, 0.2) is 11.0 Å². The zero-order valence-electron chi connectivity index (χ0n) is 14.2. The van der Waals surface area contributed by atoms with Crippen LogP contribution in [0.5, 0.6) is 0 Å². The van der Waals surface area contributed by atoms with Gasteiger partial charge in [0.2, 0.25) is 20.0 Å². The minimum atomic E-state index is -3.63. The molecule has 1 saturated heterocycles. The Morgan fingerprint density at radius 1 is 0.783 bits per heavy atom. The van der Waals surface area contributed by atoms with Crippen LogP contribution in [-0.4, -0.2) is 57.9 Å². The van der Waals surface area contributed by atoms with E-state index in [1.165, 1.54) is 8.61 Å². The van der Waals surface area contributed by atoms with Crippen molar-refractivity contribution < 1.29 is 16.8 Å². The Labute approximate surface area is 139 Å². The van der Waals surface area contributed by atoms with Crippen molar-refractivity contribution in [1.82, 2.24) is 8.61 Å². The number of hydrogen-bond donors (Lipinski definition) is 0. The van der Waals surface area contributed by atoms with Gasteiger partial charge >= 0.3 is 0 Å². The number of hydrogen-bond acceptors (Lipinski definition) is 4. The number of piperazine rings is 1. The molecule has 0 spiro atoms. The first-order chi connectivity index (χ1) is 10.5. The van der Waals surface area contributed by atoms with Crippen molar-refractivity contribution in [2.45, 2.75) is 32.6 Å². The van der Waals surface area contributed by atoms with Gasteiger partial charge in [0.25, 0.3) is 0 Å². The lowest BCUT2D eigenvalue weighted by Gasteiger charge is -2.33. The molecule has 0 bridgehead atoms. The molecule has 2 rings (SSSR count). The maximum Gasteiger partial charge on any atom is 0.243 e. The van der Waals surface area contributed by atoms with Crippen LogP contribution in [0.25, 0.3) is 0 Å². The molecule has 0 aromatic heterocycles. The lowest BCUT2D eigenvalue weighted by atomic mass is 10.0. The van der Waals surface area contributed by atoms with Gasteiger partial charge in [-0.2, -0.15) is 8.61 Å². The average molecular weight is 361 g/mol. The first-order valence-corrected chi connectivity index (χ1v) is 10.8. The minimum absolute atomic E-state index is 0.182. The predicted molar refractivity (Wildman–Crippen MR) is 90.6 cm³/mol. The second-order valence-electron chi connectivity index (χ2n) is 6.16. The van der Waals surface area contributed by atoms with Gasteiger partial charge in [0.15, 0.2) is 0 Å². The van der Waals surface area contributed by atoms with E-state index in [2.05, 4.69) is 0 Å². The van der Waals surface area contributed by atoms with Crippen molar-refractivity contribution >= 4 is 20.0 Å². The van der Waals surface area contributed by atoms with Crippen LogP contribution in [0.4, 0.5) is 0 Å². The standard InChI is InChI=1S/C15H24N2O4S2/c1-11-10-12(2)14(4)15(13(11)3)23(20,21)17-8-6-16(7-9-17)22(5,18)19/h10H,6-9H2,1-5H3. The molecule has 6 nitrogen and oxygen atoms in total. The highest BCUT2D eigenvalue weighted by atomic mass is 32.2. The molecule has 1 aromatic carbocycles. The lowest BCUT2D eigenvalue weighted by Crippen LogP contribution is -2.50. The van der Waals surface area contributed by atoms with Crippen LogP contribution in [-0.2, 0) is 20.0 Å². The van der Waals surface area contributed by atoms with Gasteiger partial charge in [-0.05, 0) is 49.9 Å². The van der Waals surface area contributed by atoms with E-state index in [-0.39, 0.29) is 26.2 Å². The highest BCUT2D eigenvalue weighted by molar-refractivity contribution is 7.89. The van der Waals surface area contributed by atoms with Crippen LogP contribution in [0.2, 0.25) is 0 Å². The van der Waals surface area contributed by atoms with Gasteiger partial charge in [0, 0.05) is 26.2 Å². The van der Waals surface area contributed by atoms with Gasteiger partial charge in [0.1, 0.15) is 0 Å². The zero-order chi connectivity index (χ0) is 17.6. The second kappa shape index (κ2) is 6.16. The van der Waals surface area contributed by atoms with Gasteiger partial charge in [-0.15, -0.1) is 0 Å². The van der Waals surface area contributed by atoms with Gasteiger partial charge in [-0.3, -0.25) is 0 Å². The fourth-order valence-corrected chi connectivity index (χ4v) is 5.76. The van der Waals surface area contributed by atoms with Crippen molar-refractivity contribution in [1.29, 1.82) is 0 Å². The Balaban J connectivity index is 2.39. The third-order valence-corrected chi connectivity index (χ3v) is 8.04. The molecule has 0 atom stereocenters. The molecule has 23 heavy (non-hydrogen) atoms. The van der Waals surface area contributed by atoms with Crippen LogP contribution in [0.1, 0.15) is 22.3 Å². The first kappa shape index (κ1) is 18.4. The number of nitrogens with zero attached hydrogens (tertiary/aromatic N) is 2. The van der Waals surface area contributed by atoms with Crippen LogP contribution in [0, 0.1) is 27.7 Å². The molecule has 1 aliphatic rings. The Kier molecular flexibility index (Phi) is 4.92. The van der Waals surface area contributed by atoms with Crippen LogP contribution >= 0.6 is 0 Å². The molecule has 8 heteroatoms. The quantitative estimate of drug-likeness (QED) is 0.811. The van der Waals surface area contributed by atoms with Crippen molar-refractivity contribution in [2.75, 3.05) is 32.4 Å². The highest BCUT2D eigenvalue weighted by Gasteiger charge is 2.33. The molecular weight excluding hydrogens is 336 g/mol. The maximum absolute atomic E-state index is 13.0. The minimum Gasteiger partial charge on any atom is -0.213 e. The van der Waals surface area contributed by atoms with E-state index < -0.39 is 20.0 Å². The maximum atomic E-state index is 13.0. The van der Waals surface area contributed by atoms with Crippen LogP contribution in [0.3, 0.4) is 0 Å². The summed E-state index contributed by atoms with van der Waals surface area (Å²) in [5.74, 6) is 0. The Morgan fingerprint density at radius 3 is 1.57 bits per heavy atom. The summed E-state index contributed by atoms with van der Waals surface area (Å²) in [6.45, 7) is 8.21. The SMILES string of the molecule is Cc1cc(C)c(C)c(S(=O)(=O)N2CCN(S(C)(=O)=O)CC2)c1C. The predicted octanol–water partition coefficient (Wildman–Crippen LogP) is 1.19. The van der Waals surface area contributed by atoms with Crippen molar-refractivity contribution in [3.8, 4) is 0 Å². The molecule has 130 valence electrons. The molecule has 0 amide bonds. The van der Waals surface area contributed by atoms with E-state index in [1.807, 2.05) is 33.8 Å². The number of rotatable bonds is 3. The zero-order valence-corrected chi connectivity index (χ0v) is 15.9. The molecule has 0 N–H and O–H groups in total. The summed E-state index contributed by atoms with van der Waals surface area (Å²) in [4.78, 5) is 0.364. The third-order valence-electron chi connectivity index (χ3n) is 4.56. The summed E-state index contributed by atoms with van der Waals surface area (Å²) in [7, 11) is -6.90. The van der Waals surface area contributed by atoms with Crippen molar-refractivity contribution in [3.05, 3.63) is 28.3 Å². The van der Waals surface area contributed by atoms with Gasteiger partial charge in [0.05, 0.1) is 11.2 Å². The number of aryl methyl sites for hydroxylation is 2. The van der Waals surface area contributed by atoms with Crippen molar-refractivity contribution in [3.63, 3.8) is 0 Å². The molecule has 1 fully saturated rings. The summed E-state index contributed by atoms with van der Waals surface area (Å²) in [5.41, 5.74) is 3.42. The van der Waals surface area contributed by atoms with Crippen LogP contribution < -0.4 is 0 Å². The number of sulfonamides is 2. The Bertz CT molecular complexity index is 795. The molecule has 0 radical (unpaired) electrons. The summed E-state index contributed by atoms with van der Waals surface area (Å²) >= 11 is 0. The summed E-state index contributed by atoms with van der Waals surface area (Å²) in [5, 5.41) is 0. The molecule has 0 saturated carbocycles. The molecule has 1 aliphatic heterocycles. The summed E-state index contributed by atoms with van der Waals surface area (Å²) in [6, 6.07) is 1.99. The van der Waals surface area contributed by atoms with E-state index in [1.54, 1.807) is 0 Å². The molecule has 1 heterocycles. The Morgan fingerprint density at radius 2 is 1.17 bits per heavy atom. The highest BCUT2D eigenvalue weighted by Crippen LogP contribution is 2.29. The van der Waals surface area contributed by atoms with E-state index >= 15 is 0 Å². The van der Waals surface area contributed by atoms with Gasteiger partial charge in [-0.1, -0.05) is 6.07 Å². The van der Waals surface area contributed by atoms with E-state index in [9.17, 15) is 16.8 Å². The largest absolute Gasteiger partial charge is 0.243 e. The summed E-state index contributed by atoms with van der Waals surface area (Å²) in [6.07, 6.45) is 1.15. The third kappa shape index (κ3) is 3.45. The van der Waals surface area contributed by atoms with E-state index in [4.69, 9.17) is 0 Å². The van der Waals surface area contributed by atoms with Gasteiger partial charge < -0.3 is 0 Å². The second-order valence-corrected chi connectivity index (χ2v) is 10.0. The molecule has 1 aromatic rings. The summed E-state index contributed by atoms with van der Waals surface area (Å²) < 4.78 is 51.9. The van der Waals surface area contributed by atoms with Gasteiger partial charge in [-0.25, -0.2) is 16.8 Å². The van der Waals surface area contributed by atoms with E-state index in [0.717, 1.165) is 28.5 Å². The van der Waals surface area contributed by atoms with E-state index in [0.29, 0.717) is 4.90 Å². The lowest BCUT2D eigenvalue weighted by molar-refractivity contribution is 0.274. The number of benzene rings is 1. The fraction of sp³-hybridized carbons (Fsp3) is 0.600. The molecule has 0 aliphatic carbocycles. The molecular formula is C15H24N2O4S2. The average Bonchev–Trinajstić information content (AvgIpc) is 2.44. The topological polar surface area (TPSA) is 74.8 Å². The molecule has 0 unspecified atom stereocenters. The normalized spacial score (nSPS) is 18.3. The first-order valence-electron chi connectivity index (χ1n) is 7.49. The van der Waals surface area contributed by atoms with Crippen molar-refractivity contribution in [2.24, 2.45) is 0 Å². The Hall–Kier alpha value is -0.960. The smallest absolute Gasteiger partial charge is 0.213 e. The fourth-order valence-electron chi connectivity index (χ4n) is 2.94. The monoisotopic (exact) mass is 360 g/mol.